The first kappa shape index (κ1) is 25.2. The van der Waals surface area contributed by atoms with E-state index in [1.807, 2.05) is 36.4 Å². The van der Waals surface area contributed by atoms with E-state index in [9.17, 15) is 13.9 Å². The molecular weight excluding hydrogens is 490 g/mol. The largest absolute Gasteiger partial charge is 0.494 e. The monoisotopic (exact) mass is 516 g/mol. The van der Waals surface area contributed by atoms with Crippen molar-refractivity contribution in [3.63, 3.8) is 0 Å². The summed E-state index contributed by atoms with van der Waals surface area (Å²) in [6.07, 6.45) is 6.19. The number of rotatable bonds is 10. The minimum absolute atomic E-state index is 0.0458. The van der Waals surface area contributed by atoms with Crippen molar-refractivity contribution in [1.29, 1.82) is 0 Å². The zero-order valence-corrected chi connectivity index (χ0v) is 20.7. The number of nitrogens with one attached hydrogen (secondary N) is 1. The molecule has 0 amide bonds. The van der Waals surface area contributed by atoms with Crippen LogP contribution in [0.15, 0.2) is 67.1 Å². The molecule has 0 saturated carbocycles. The first-order chi connectivity index (χ1) is 18.6. The zero-order chi connectivity index (χ0) is 26.5. The summed E-state index contributed by atoms with van der Waals surface area (Å²) < 4.78 is 36.5. The highest BCUT2D eigenvalue weighted by Crippen LogP contribution is 2.30. The molecule has 0 bridgehead atoms. The summed E-state index contributed by atoms with van der Waals surface area (Å²) in [6.45, 7) is 1.98. The Morgan fingerprint density at radius 2 is 1.82 bits per heavy atom. The normalized spacial score (nSPS) is 11.2. The standard InChI is InChI=1S/C28H26F2N6O2/c1-2-38-20-14-23(29)22(24(30)15-20)17-36-25-8-4-3-7-21(25)26(35-36)28-32-16-18(6-5-13-37)27(34-28)33-19-9-11-31-12-10-19/h3-4,7-12,14-16,37H,2,5-6,13,17H2,1H3,(H,31,32,33,34). The molecule has 0 saturated heterocycles. The van der Waals surface area contributed by atoms with Gasteiger partial charge in [0.25, 0.3) is 0 Å². The number of benzene rings is 2. The Kier molecular flexibility index (Phi) is 7.50. The maximum absolute atomic E-state index is 14.8. The first-order valence-electron chi connectivity index (χ1n) is 12.3. The number of aliphatic hydroxyl groups is 1. The number of hydrogen-bond donors (Lipinski definition) is 2. The van der Waals surface area contributed by atoms with Crippen LogP contribution in [0.2, 0.25) is 0 Å². The molecular formula is C28H26F2N6O2. The van der Waals surface area contributed by atoms with Gasteiger partial charge in [-0.15, -0.1) is 0 Å². The molecule has 3 aromatic heterocycles. The summed E-state index contributed by atoms with van der Waals surface area (Å²) in [5.74, 6) is -0.333. The number of nitrogens with zero attached hydrogens (tertiary/aromatic N) is 5. The lowest BCUT2D eigenvalue weighted by Crippen LogP contribution is -2.08. The number of hydrogen-bond acceptors (Lipinski definition) is 7. The second-order valence-electron chi connectivity index (χ2n) is 8.58. The van der Waals surface area contributed by atoms with E-state index in [4.69, 9.17) is 9.72 Å². The van der Waals surface area contributed by atoms with Crippen molar-refractivity contribution in [3.8, 4) is 17.3 Å². The molecule has 38 heavy (non-hydrogen) atoms. The molecule has 0 atom stereocenters. The fourth-order valence-corrected chi connectivity index (χ4v) is 4.20. The van der Waals surface area contributed by atoms with Crippen LogP contribution in [-0.4, -0.2) is 43.1 Å². The SMILES string of the molecule is CCOc1cc(F)c(Cn2nc(-c3ncc(CCCO)c(Nc4ccncc4)n3)c3ccccc32)c(F)c1. The lowest BCUT2D eigenvalue weighted by atomic mass is 10.1. The number of anilines is 2. The summed E-state index contributed by atoms with van der Waals surface area (Å²) in [4.78, 5) is 13.4. The molecule has 0 aliphatic heterocycles. The Morgan fingerprint density at radius 1 is 1.05 bits per heavy atom. The average Bonchev–Trinajstić information content (AvgIpc) is 3.29. The van der Waals surface area contributed by atoms with Crippen molar-refractivity contribution in [3.05, 3.63) is 89.9 Å². The fourth-order valence-electron chi connectivity index (χ4n) is 4.20. The summed E-state index contributed by atoms with van der Waals surface area (Å²) in [5, 5.41) is 18.1. The number of ether oxygens (including phenoxy) is 1. The van der Waals surface area contributed by atoms with Crippen LogP contribution in [0.25, 0.3) is 22.4 Å². The summed E-state index contributed by atoms with van der Waals surface area (Å²) in [5.41, 5.74) is 2.69. The number of fused-ring (bicyclic) bond motifs is 1. The molecule has 0 aliphatic rings. The van der Waals surface area contributed by atoms with E-state index in [0.717, 1.165) is 16.6 Å². The van der Waals surface area contributed by atoms with E-state index in [0.29, 0.717) is 42.3 Å². The van der Waals surface area contributed by atoms with Crippen LogP contribution >= 0.6 is 0 Å². The van der Waals surface area contributed by atoms with Gasteiger partial charge in [-0.3, -0.25) is 9.67 Å². The molecule has 0 radical (unpaired) electrons. The molecule has 0 spiro atoms. The lowest BCUT2D eigenvalue weighted by Gasteiger charge is -2.11. The van der Waals surface area contributed by atoms with E-state index >= 15 is 0 Å². The molecule has 2 N–H and O–H groups in total. The minimum atomic E-state index is -0.706. The molecule has 2 aromatic carbocycles. The second kappa shape index (κ2) is 11.3. The Bertz CT molecular complexity index is 1540. The smallest absolute Gasteiger partial charge is 0.182 e. The van der Waals surface area contributed by atoms with Crippen molar-refractivity contribution < 1.29 is 18.6 Å². The van der Waals surface area contributed by atoms with Gasteiger partial charge in [-0.1, -0.05) is 18.2 Å². The fraction of sp³-hybridized carbons (Fsp3) is 0.214. The van der Waals surface area contributed by atoms with E-state index in [1.54, 1.807) is 30.2 Å². The molecule has 10 heteroatoms. The predicted octanol–water partition coefficient (Wildman–Crippen LogP) is 5.28. The number of pyridine rings is 1. The Labute approximate surface area is 218 Å². The predicted molar refractivity (Wildman–Crippen MR) is 140 cm³/mol. The zero-order valence-electron chi connectivity index (χ0n) is 20.7. The van der Waals surface area contributed by atoms with E-state index in [2.05, 4.69) is 20.4 Å². The number of aliphatic hydroxyl groups excluding tert-OH is 1. The van der Waals surface area contributed by atoms with Crippen molar-refractivity contribution >= 4 is 22.4 Å². The van der Waals surface area contributed by atoms with Gasteiger partial charge in [0, 0.05) is 59.5 Å². The van der Waals surface area contributed by atoms with Gasteiger partial charge in [0.05, 0.1) is 18.7 Å². The van der Waals surface area contributed by atoms with Gasteiger partial charge < -0.3 is 15.2 Å². The van der Waals surface area contributed by atoms with Gasteiger partial charge in [0.1, 0.15) is 28.9 Å². The summed E-state index contributed by atoms with van der Waals surface area (Å²) in [7, 11) is 0. The number of halogens is 2. The number of para-hydroxylation sites is 1. The van der Waals surface area contributed by atoms with Gasteiger partial charge in [-0.05, 0) is 38.0 Å². The summed E-state index contributed by atoms with van der Waals surface area (Å²) in [6, 6.07) is 13.4. The van der Waals surface area contributed by atoms with Gasteiger partial charge in [-0.2, -0.15) is 5.10 Å². The van der Waals surface area contributed by atoms with Crippen LogP contribution in [0.4, 0.5) is 20.3 Å². The lowest BCUT2D eigenvalue weighted by molar-refractivity contribution is 0.288. The highest BCUT2D eigenvalue weighted by Gasteiger charge is 2.19. The molecule has 3 heterocycles. The number of aromatic nitrogens is 5. The van der Waals surface area contributed by atoms with Crippen molar-refractivity contribution in [2.75, 3.05) is 18.5 Å². The summed E-state index contributed by atoms with van der Waals surface area (Å²) >= 11 is 0. The topological polar surface area (TPSA) is 98.0 Å². The van der Waals surface area contributed by atoms with Gasteiger partial charge in [0.2, 0.25) is 0 Å². The minimum Gasteiger partial charge on any atom is -0.494 e. The van der Waals surface area contributed by atoms with Crippen LogP contribution in [-0.2, 0) is 13.0 Å². The Morgan fingerprint density at radius 3 is 2.55 bits per heavy atom. The van der Waals surface area contributed by atoms with Gasteiger partial charge in [-0.25, -0.2) is 18.7 Å². The van der Waals surface area contributed by atoms with Gasteiger partial charge in [0.15, 0.2) is 5.82 Å². The third-order valence-electron chi connectivity index (χ3n) is 6.02. The quantitative estimate of drug-likeness (QED) is 0.261. The van der Waals surface area contributed by atoms with Crippen LogP contribution in [0, 0.1) is 11.6 Å². The Balaban J connectivity index is 1.56. The van der Waals surface area contributed by atoms with Crippen molar-refractivity contribution in [2.24, 2.45) is 0 Å². The van der Waals surface area contributed by atoms with Crippen LogP contribution in [0.5, 0.6) is 5.75 Å². The third kappa shape index (κ3) is 5.30. The highest BCUT2D eigenvalue weighted by molar-refractivity contribution is 5.91. The molecule has 0 unspecified atom stereocenters. The van der Waals surface area contributed by atoms with Crippen molar-refractivity contribution in [2.45, 2.75) is 26.3 Å². The highest BCUT2D eigenvalue weighted by atomic mass is 19.1. The number of aryl methyl sites for hydroxylation is 1. The van der Waals surface area contributed by atoms with E-state index in [1.165, 1.54) is 12.1 Å². The van der Waals surface area contributed by atoms with Crippen molar-refractivity contribution in [1.82, 2.24) is 24.7 Å². The molecule has 194 valence electrons. The van der Waals surface area contributed by atoms with Crippen LogP contribution in [0.3, 0.4) is 0 Å². The second-order valence-corrected chi connectivity index (χ2v) is 8.58. The van der Waals surface area contributed by atoms with Gasteiger partial charge >= 0.3 is 0 Å². The first-order valence-corrected chi connectivity index (χ1v) is 12.3. The van der Waals surface area contributed by atoms with E-state index in [-0.39, 0.29) is 24.5 Å². The molecule has 8 nitrogen and oxygen atoms in total. The molecule has 0 fully saturated rings. The molecule has 5 aromatic rings. The van der Waals surface area contributed by atoms with Crippen LogP contribution < -0.4 is 10.1 Å². The maximum atomic E-state index is 14.8. The van der Waals surface area contributed by atoms with Crippen LogP contribution in [0.1, 0.15) is 24.5 Å². The third-order valence-corrected chi connectivity index (χ3v) is 6.02. The Hall–Kier alpha value is -4.44. The van der Waals surface area contributed by atoms with E-state index < -0.39 is 11.6 Å². The molecule has 0 aliphatic carbocycles. The maximum Gasteiger partial charge on any atom is 0.182 e. The average molecular weight is 517 g/mol. The molecule has 5 rings (SSSR count).